The van der Waals surface area contributed by atoms with Gasteiger partial charge in [0, 0.05) is 6.61 Å². The minimum Gasteiger partial charge on any atom is -0.396 e. The number of hydrogen-bond donors (Lipinski definition) is 1. The first-order valence-corrected chi connectivity index (χ1v) is 5.51. The smallest absolute Gasteiger partial charge is 0.0462 e. The van der Waals surface area contributed by atoms with Gasteiger partial charge < -0.3 is 5.11 Å². The van der Waals surface area contributed by atoms with E-state index in [0.717, 1.165) is 23.7 Å². The van der Waals surface area contributed by atoms with Gasteiger partial charge in [0.1, 0.15) is 0 Å². The monoisotopic (exact) mass is 166 g/mol. The topological polar surface area (TPSA) is 20.2 Å². The van der Waals surface area contributed by atoms with Crippen LogP contribution in [0.2, 0.25) is 0 Å². The van der Waals surface area contributed by atoms with E-state index in [1.54, 1.807) is 0 Å². The van der Waals surface area contributed by atoms with E-state index in [1.165, 1.54) is 32.1 Å². The molecule has 3 fully saturated rings. The van der Waals surface area contributed by atoms with Gasteiger partial charge in [-0.25, -0.2) is 0 Å². The molecule has 3 rings (SSSR count). The minimum absolute atomic E-state index is 0.463. The Hall–Kier alpha value is -0.0400. The summed E-state index contributed by atoms with van der Waals surface area (Å²) in [5, 5.41) is 9.21. The van der Waals surface area contributed by atoms with Crippen LogP contribution in [0, 0.1) is 29.6 Å². The molecule has 0 saturated heterocycles. The maximum absolute atomic E-state index is 9.21. The Morgan fingerprint density at radius 1 is 1.00 bits per heavy atom. The molecular formula is C11H18O. The summed E-state index contributed by atoms with van der Waals surface area (Å²) in [5.41, 5.74) is 0. The molecule has 3 unspecified atom stereocenters. The lowest BCUT2D eigenvalue weighted by Gasteiger charge is -2.30. The second-order valence-corrected chi connectivity index (χ2v) is 5.10. The second kappa shape index (κ2) is 2.47. The Morgan fingerprint density at radius 2 is 1.83 bits per heavy atom. The zero-order chi connectivity index (χ0) is 8.13. The molecule has 5 atom stereocenters. The van der Waals surface area contributed by atoms with Crippen LogP contribution in [0.3, 0.4) is 0 Å². The Morgan fingerprint density at radius 3 is 2.67 bits per heavy atom. The van der Waals surface area contributed by atoms with Crippen LogP contribution in [-0.4, -0.2) is 11.7 Å². The van der Waals surface area contributed by atoms with Crippen LogP contribution < -0.4 is 0 Å². The molecule has 0 aromatic carbocycles. The summed E-state index contributed by atoms with van der Waals surface area (Å²) in [4.78, 5) is 0. The number of aliphatic hydroxyl groups excluding tert-OH is 1. The van der Waals surface area contributed by atoms with Crippen molar-refractivity contribution in [3.63, 3.8) is 0 Å². The Labute approximate surface area is 74.2 Å². The molecule has 1 N–H and O–H groups in total. The van der Waals surface area contributed by atoms with Crippen LogP contribution in [0.4, 0.5) is 0 Å². The minimum atomic E-state index is 0.463. The number of fused-ring (bicyclic) bond motifs is 5. The molecular weight excluding hydrogens is 148 g/mol. The highest BCUT2D eigenvalue weighted by Gasteiger charge is 2.53. The van der Waals surface area contributed by atoms with Crippen molar-refractivity contribution in [2.24, 2.45) is 29.6 Å². The fourth-order valence-electron chi connectivity index (χ4n) is 4.42. The van der Waals surface area contributed by atoms with Crippen molar-refractivity contribution in [3.8, 4) is 0 Å². The summed E-state index contributed by atoms with van der Waals surface area (Å²) in [6, 6.07) is 0. The van der Waals surface area contributed by atoms with Gasteiger partial charge in [-0.3, -0.25) is 0 Å². The van der Waals surface area contributed by atoms with Gasteiger partial charge in [0.15, 0.2) is 0 Å². The first-order chi connectivity index (χ1) is 5.90. The first kappa shape index (κ1) is 7.37. The molecule has 68 valence electrons. The summed E-state index contributed by atoms with van der Waals surface area (Å²) in [6.45, 7) is 0.463. The van der Waals surface area contributed by atoms with Gasteiger partial charge in [-0.1, -0.05) is 6.42 Å². The predicted octanol–water partition coefficient (Wildman–Crippen LogP) is 2.05. The summed E-state index contributed by atoms with van der Waals surface area (Å²) in [6.07, 6.45) is 7.26. The molecule has 0 spiro atoms. The van der Waals surface area contributed by atoms with Crippen molar-refractivity contribution in [1.82, 2.24) is 0 Å². The molecule has 3 saturated carbocycles. The van der Waals surface area contributed by atoms with Gasteiger partial charge in [-0.15, -0.1) is 0 Å². The Kier molecular flexibility index (Phi) is 1.52. The van der Waals surface area contributed by atoms with Crippen LogP contribution in [0.15, 0.2) is 0 Å². The molecule has 0 aromatic rings. The molecule has 1 heteroatoms. The van der Waals surface area contributed by atoms with Crippen LogP contribution in [0.5, 0.6) is 0 Å². The average molecular weight is 166 g/mol. The van der Waals surface area contributed by atoms with Gasteiger partial charge in [0.25, 0.3) is 0 Å². The van der Waals surface area contributed by atoms with Crippen molar-refractivity contribution in [2.75, 3.05) is 6.61 Å². The molecule has 1 nitrogen and oxygen atoms in total. The number of rotatable bonds is 1. The maximum atomic E-state index is 9.21. The normalized spacial score (nSPS) is 56.2. The van der Waals surface area contributed by atoms with Crippen molar-refractivity contribution >= 4 is 0 Å². The van der Waals surface area contributed by atoms with Crippen molar-refractivity contribution < 1.29 is 5.11 Å². The fourth-order valence-corrected chi connectivity index (χ4v) is 4.42. The molecule has 2 bridgehead atoms. The van der Waals surface area contributed by atoms with Crippen molar-refractivity contribution in [3.05, 3.63) is 0 Å². The molecule has 0 amide bonds. The lowest BCUT2D eigenvalue weighted by molar-refractivity contribution is 0.121. The summed E-state index contributed by atoms with van der Waals surface area (Å²) in [5.74, 6) is 4.74. The van der Waals surface area contributed by atoms with Gasteiger partial charge >= 0.3 is 0 Å². The number of hydrogen-bond acceptors (Lipinski definition) is 1. The summed E-state index contributed by atoms with van der Waals surface area (Å²) in [7, 11) is 0. The third kappa shape index (κ3) is 0.783. The maximum Gasteiger partial charge on any atom is 0.0462 e. The van der Waals surface area contributed by atoms with E-state index in [-0.39, 0.29) is 0 Å². The molecule has 12 heavy (non-hydrogen) atoms. The molecule has 0 radical (unpaired) electrons. The van der Waals surface area contributed by atoms with Crippen LogP contribution in [0.1, 0.15) is 32.1 Å². The van der Waals surface area contributed by atoms with Gasteiger partial charge in [0.2, 0.25) is 0 Å². The van der Waals surface area contributed by atoms with E-state index in [2.05, 4.69) is 0 Å². The van der Waals surface area contributed by atoms with E-state index in [0.29, 0.717) is 12.5 Å². The molecule has 0 aliphatic heterocycles. The zero-order valence-electron chi connectivity index (χ0n) is 7.58. The summed E-state index contributed by atoms with van der Waals surface area (Å²) < 4.78 is 0. The third-order valence-corrected chi connectivity index (χ3v) is 4.80. The van der Waals surface area contributed by atoms with E-state index < -0.39 is 0 Å². The molecule has 3 aliphatic carbocycles. The fraction of sp³-hybridized carbons (Fsp3) is 1.00. The SMILES string of the molecule is OCC1C[C@H]2C[C@@H]1C1CCCC12. The standard InChI is InChI=1S/C11H18O/c12-6-8-4-7-5-11(8)10-3-1-2-9(7)10/h7-12H,1-6H2/t7-,8?,9?,10?,11-/m0/s1. The van der Waals surface area contributed by atoms with E-state index >= 15 is 0 Å². The highest BCUT2D eigenvalue weighted by molar-refractivity contribution is 5.02. The Bertz CT molecular complexity index is 187. The first-order valence-electron chi connectivity index (χ1n) is 5.51. The van der Waals surface area contributed by atoms with Crippen LogP contribution in [0.25, 0.3) is 0 Å². The zero-order valence-corrected chi connectivity index (χ0v) is 7.58. The van der Waals surface area contributed by atoms with Crippen molar-refractivity contribution in [2.45, 2.75) is 32.1 Å². The second-order valence-electron chi connectivity index (χ2n) is 5.10. The van der Waals surface area contributed by atoms with E-state index in [4.69, 9.17) is 0 Å². The lowest BCUT2D eigenvalue weighted by Crippen LogP contribution is -2.26. The highest BCUT2D eigenvalue weighted by Crippen LogP contribution is 2.60. The van der Waals surface area contributed by atoms with E-state index in [9.17, 15) is 5.11 Å². The highest BCUT2D eigenvalue weighted by atomic mass is 16.3. The molecule has 0 aromatic heterocycles. The van der Waals surface area contributed by atoms with Crippen LogP contribution >= 0.6 is 0 Å². The molecule has 0 heterocycles. The van der Waals surface area contributed by atoms with Crippen molar-refractivity contribution in [1.29, 1.82) is 0 Å². The molecule has 3 aliphatic rings. The average Bonchev–Trinajstić information content (AvgIpc) is 2.75. The van der Waals surface area contributed by atoms with Crippen LogP contribution in [-0.2, 0) is 0 Å². The van der Waals surface area contributed by atoms with Gasteiger partial charge in [-0.2, -0.15) is 0 Å². The van der Waals surface area contributed by atoms with Gasteiger partial charge in [0.05, 0.1) is 0 Å². The lowest BCUT2D eigenvalue weighted by atomic mass is 9.76. The van der Waals surface area contributed by atoms with E-state index in [1.807, 2.05) is 0 Å². The summed E-state index contributed by atoms with van der Waals surface area (Å²) >= 11 is 0. The Balaban J connectivity index is 1.83. The number of aliphatic hydroxyl groups is 1. The quantitative estimate of drug-likeness (QED) is 0.632. The largest absolute Gasteiger partial charge is 0.396 e. The third-order valence-electron chi connectivity index (χ3n) is 4.80. The predicted molar refractivity (Wildman–Crippen MR) is 47.6 cm³/mol. The van der Waals surface area contributed by atoms with Gasteiger partial charge in [-0.05, 0) is 55.3 Å².